The van der Waals surface area contributed by atoms with Crippen LogP contribution >= 0.6 is 0 Å². The summed E-state index contributed by atoms with van der Waals surface area (Å²) >= 11 is 0. The summed E-state index contributed by atoms with van der Waals surface area (Å²) in [5.41, 5.74) is 1.15. The summed E-state index contributed by atoms with van der Waals surface area (Å²) < 4.78 is 28.0. The van der Waals surface area contributed by atoms with Crippen LogP contribution in [0, 0.1) is 0 Å². The summed E-state index contributed by atoms with van der Waals surface area (Å²) in [5.74, 6) is 0.641. The number of ether oxygens (including phenoxy) is 5. The lowest BCUT2D eigenvalue weighted by Crippen LogP contribution is -2.46. The highest BCUT2D eigenvalue weighted by Gasteiger charge is 2.36. The van der Waals surface area contributed by atoms with Crippen LogP contribution in [0.2, 0.25) is 0 Å². The Kier molecular flexibility index (Phi) is 11.1. The predicted molar refractivity (Wildman–Crippen MR) is 143 cm³/mol. The van der Waals surface area contributed by atoms with Gasteiger partial charge in [-0.05, 0) is 69.3 Å². The van der Waals surface area contributed by atoms with Gasteiger partial charge in [-0.2, -0.15) is 0 Å². The molecular weight excluding hydrogens is 488 g/mol. The smallest absolute Gasteiger partial charge is 0.344 e. The summed E-state index contributed by atoms with van der Waals surface area (Å²) in [6.45, 7) is 4.00. The topological polar surface area (TPSA) is 86.8 Å². The number of hydrogen-bond donors (Lipinski definition) is 0. The van der Waals surface area contributed by atoms with E-state index in [1.54, 1.807) is 14.2 Å². The second-order valence-electron chi connectivity index (χ2n) is 10.6. The van der Waals surface area contributed by atoms with Crippen molar-refractivity contribution in [3.63, 3.8) is 0 Å². The highest BCUT2D eigenvalue weighted by molar-refractivity contribution is 5.77. The molecule has 38 heavy (non-hydrogen) atoms. The number of nitrogens with zero attached hydrogens (tertiary/aromatic N) is 2. The van der Waals surface area contributed by atoms with Crippen molar-refractivity contribution in [1.82, 2.24) is 9.80 Å². The van der Waals surface area contributed by atoms with Crippen LogP contribution in [0.3, 0.4) is 0 Å². The van der Waals surface area contributed by atoms with Crippen LogP contribution in [-0.2, 0) is 30.2 Å². The molecule has 9 heteroatoms. The summed E-state index contributed by atoms with van der Waals surface area (Å²) in [5, 5.41) is 0. The number of methoxy groups -OCH3 is 2. The first-order valence-corrected chi connectivity index (χ1v) is 14.2. The molecule has 0 bridgehead atoms. The molecule has 212 valence electrons. The molecule has 2 aliphatic heterocycles. The molecule has 9 nitrogen and oxygen atoms in total. The van der Waals surface area contributed by atoms with Crippen molar-refractivity contribution in [2.75, 3.05) is 60.2 Å². The Balaban J connectivity index is 1.18. The van der Waals surface area contributed by atoms with E-state index >= 15 is 0 Å². The summed E-state index contributed by atoms with van der Waals surface area (Å²) in [6.07, 6.45) is 9.54. The number of likely N-dealkylation sites (tertiary alicyclic amines) is 2. The first-order valence-electron chi connectivity index (χ1n) is 14.2. The van der Waals surface area contributed by atoms with Crippen LogP contribution in [0.15, 0.2) is 18.2 Å². The molecule has 2 heterocycles. The molecule has 1 aromatic rings. The zero-order valence-electron chi connectivity index (χ0n) is 23.0. The molecule has 3 atom stereocenters. The highest BCUT2D eigenvalue weighted by atomic mass is 16.6. The number of carbonyl (C=O) groups is 2. The quantitative estimate of drug-likeness (QED) is 0.377. The molecular formula is C29H44N2O7. The van der Waals surface area contributed by atoms with Crippen molar-refractivity contribution in [3.05, 3.63) is 23.8 Å². The summed E-state index contributed by atoms with van der Waals surface area (Å²) in [7, 11) is 3.29. The van der Waals surface area contributed by atoms with Gasteiger partial charge in [-0.15, -0.1) is 0 Å². The zero-order chi connectivity index (χ0) is 26.7. The minimum absolute atomic E-state index is 0.169. The molecule has 0 N–H and O–H groups in total. The summed E-state index contributed by atoms with van der Waals surface area (Å²) in [6, 6.07) is 6.32. The maximum absolute atomic E-state index is 12.3. The first kappa shape index (κ1) is 28.6. The predicted octanol–water partition coefficient (Wildman–Crippen LogP) is 3.22. The minimum atomic E-state index is -0.463. The van der Waals surface area contributed by atoms with Crippen molar-refractivity contribution in [2.24, 2.45) is 0 Å². The molecule has 3 fully saturated rings. The van der Waals surface area contributed by atoms with E-state index in [2.05, 4.69) is 9.80 Å². The van der Waals surface area contributed by atoms with Crippen molar-refractivity contribution >= 4 is 11.9 Å². The molecule has 1 saturated carbocycles. The third-order valence-corrected chi connectivity index (χ3v) is 7.93. The summed E-state index contributed by atoms with van der Waals surface area (Å²) in [4.78, 5) is 28.9. The van der Waals surface area contributed by atoms with Crippen molar-refractivity contribution < 1.29 is 33.3 Å². The number of carbonyl (C=O) groups excluding carboxylic acids is 2. The van der Waals surface area contributed by atoms with E-state index in [4.69, 9.17) is 23.7 Å². The van der Waals surface area contributed by atoms with Crippen LogP contribution in [0.1, 0.15) is 56.9 Å². The van der Waals surface area contributed by atoms with Gasteiger partial charge in [-0.3, -0.25) is 14.6 Å². The Hall–Kier alpha value is -2.36. The molecule has 0 spiro atoms. The molecule has 1 aliphatic carbocycles. The third-order valence-electron chi connectivity index (χ3n) is 7.93. The monoisotopic (exact) mass is 532 g/mol. The number of piperidine rings is 1. The lowest BCUT2D eigenvalue weighted by Gasteiger charge is -2.37. The van der Waals surface area contributed by atoms with Crippen LogP contribution in [0.4, 0.5) is 0 Å². The molecule has 0 amide bonds. The average Bonchev–Trinajstić information content (AvgIpc) is 3.40. The Morgan fingerprint density at radius 3 is 2.47 bits per heavy atom. The van der Waals surface area contributed by atoms with E-state index in [9.17, 15) is 9.59 Å². The van der Waals surface area contributed by atoms with Crippen molar-refractivity contribution in [3.8, 4) is 11.5 Å². The van der Waals surface area contributed by atoms with Gasteiger partial charge in [-0.25, -0.2) is 4.79 Å². The minimum Gasteiger partial charge on any atom is -0.493 e. The molecule has 0 aromatic heterocycles. The SMILES string of the molecule is COc1ccc(CCO[C@@H]2CCCC[C@H]2N2CC[C@@H](OC(=O)COC(=O)CN3CCCCC3)C2)cc1OC. The number of hydrogen-bond acceptors (Lipinski definition) is 9. The molecule has 4 rings (SSSR count). The van der Waals surface area contributed by atoms with Gasteiger partial charge in [0.05, 0.1) is 33.5 Å². The standard InChI is InChI=1S/C29H44N2O7/c1-34-26-11-10-22(18-27(26)35-2)13-17-36-25-9-5-4-8-24(25)31-16-12-23(19-31)38-29(33)21-37-28(32)20-30-14-6-3-7-15-30/h10-11,18,23-25H,3-9,12-17,19-21H2,1-2H3/t23-,24-,25-/m1/s1. The fourth-order valence-corrected chi connectivity index (χ4v) is 5.91. The van der Waals surface area contributed by atoms with E-state index in [-0.39, 0.29) is 31.3 Å². The number of esters is 2. The Bertz CT molecular complexity index is 905. The van der Waals surface area contributed by atoms with E-state index in [1.807, 2.05) is 18.2 Å². The van der Waals surface area contributed by atoms with Crippen molar-refractivity contribution in [2.45, 2.75) is 76.0 Å². The van der Waals surface area contributed by atoms with Gasteiger partial charge in [0.1, 0.15) is 6.10 Å². The van der Waals surface area contributed by atoms with Crippen LogP contribution in [0.25, 0.3) is 0 Å². The lowest BCUT2D eigenvalue weighted by molar-refractivity contribution is -0.162. The maximum atomic E-state index is 12.3. The largest absolute Gasteiger partial charge is 0.493 e. The fourth-order valence-electron chi connectivity index (χ4n) is 5.91. The molecule has 3 aliphatic rings. The van der Waals surface area contributed by atoms with Gasteiger partial charge < -0.3 is 23.7 Å². The Morgan fingerprint density at radius 2 is 1.68 bits per heavy atom. The second-order valence-corrected chi connectivity index (χ2v) is 10.6. The third kappa shape index (κ3) is 8.32. The number of rotatable bonds is 12. The Labute approximate surface area is 226 Å². The van der Waals surface area contributed by atoms with E-state index < -0.39 is 5.97 Å². The fraction of sp³-hybridized carbons (Fsp3) is 0.724. The molecule has 1 aromatic carbocycles. The normalized spacial score (nSPS) is 24.6. The second kappa shape index (κ2) is 14.7. The Morgan fingerprint density at radius 1 is 0.895 bits per heavy atom. The van der Waals surface area contributed by atoms with Gasteiger partial charge in [0.25, 0.3) is 0 Å². The van der Waals surface area contributed by atoms with Crippen molar-refractivity contribution in [1.29, 1.82) is 0 Å². The van der Waals surface area contributed by atoms with Crippen LogP contribution < -0.4 is 9.47 Å². The van der Waals surface area contributed by atoms with E-state index in [1.165, 1.54) is 19.3 Å². The maximum Gasteiger partial charge on any atom is 0.344 e. The number of benzene rings is 1. The molecule has 0 unspecified atom stereocenters. The van der Waals surface area contributed by atoms with Gasteiger partial charge in [-0.1, -0.05) is 25.3 Å². The van der Waals surface area contributed by atoms with Crippen LogP contribution in [0.5, 0.6) is 11.5 Å². The van der Waals surface area contributed by atoms with Gasteiger partial charge in [0.15, 0.2) is 18.1 Å². The highest BCUT2D eigenvalue weighted by Crippen LogP contribution is 2.30. The molecule has 0 radical (unpaired) electrons. The average molecular weight is 533 g/mol. The molecule has 2 saturated heterocycles. The van der Waals surface area contributed by atoms with Gasteiger partial charge in [0.2, 0.25) is 0 Å². The van der Waals surface area contributed by atoms with E-state index in [0.29, 0.717) is 19.2 Å². The van der Waals surface area contributed by atoms with Gasteiger partial charge in [0, 0.05) is 19.1 Å². The van der Waals surface area contributed by atoms with Crippen LogP contribution in [-0.4, -0.2) is 100 Å². The van der Waals surface area contributed by atoms with Gasteiger partial charge >= 0.3 is 11.9 Å². The zero-order valence-corrected chi connectivity index (χ0v) is 23.0. The van der Waals surface area contributed by atoms with E-state index in [0.717, 1.165) is 75.2 Å². The first-order chi connectivity index (χ1) is 18.6. The lowest BCUT2D eigenvalue weighted by atomic mass is 9.91.